The van der Waals surface area contributed by atoms with Crippen molar-refractivity contribution in [2.45, 2.75) is 38.8 Å². The summed E-state index contributed by atoms with van der Waals surface area (Å²) in [5.74, 6) is -0.568. The summed E-state index contributed by atoms with van der Waals surface area (Å²) in [6.07, 6.45) is 0.928. The van der Waals surface area contributed by atoms with Crippen molar-refractivity contribution in [3.63, 3.8) is 0 Å². The molecule has 0 fully saturated rings. The fourth-order valence-corrected chi connectivity index (χ4v) is 2.00. The summed E-state index contributed by atoms with van der Waals surface area (Å²) in [6, 6.07) is 3.98. The van der Waals surface area contributed by atoms with Gasteiger partial charge in [-0.05, 0) is 32.4 Å². The quantitative estimate of drug-likeness (QED) is 0.877. The van der Waals surface area contributed by atoms with Crippen LogP contribution in [-0.2, 0) is 4.79 Å². The highest BCUT2D eigenvalue weighted by atomic mass is 35.5. The summed E-state index contributed by atoms with van der Waals surface area (Å²) in [7, 11) is 0. The van der Waals surface area contributed by atoms with E-state index in [0.29, 0.717) is 23.4 Å². The van der Waals surface area contributed by atoms with E-state index in [1.807, 2.05) is 6.92 Å². The van der Waals surface area contributed by atoms with Gasteiger partial charge in [0.25, 0.3) is 0 Å². The van der Waals surface area contributed by atoms with Gasteiger partial charge in [0.2, 0.25) is 5.91 Å². The summed E-state index contributed by atoms with van der Waals surface area (Å²) in [6.45, 7) is 3.54. The Bertz CT molecular complexity index is 407. The zero-order chi connectivity index (χ0) is 13.7. The standard InChI is InChI=1S/C13H18ClFN2O.ClH/c1-8(16)6-7-12(18)17-9(2)13-10(14)4-3-5-11(13)15;/h3-5,8-9H,6-7,16H2,1-2H3,(H,17,18);1H. The molecule has 2 unspecified atom stereocenters. The van der Waals surface area contributed by atoms with E-state index in [9.17, 15) is 9.18 Å². The van der Waals surface area contributed by atoms with Crippen LogP contribution in [0.3, 0.4) is 0 Å². The van der Waals surface area contributed by atoms with Gasteiger partial charge in [-0.15, -0.1) is 12.4 Å². The van der Waals surface area contributed by atoms with E-state index in [1.54, 1.807) is 13.0 Å². The van der Waals surface area contributed by atoms with E-state index < -0.39 is 11.9 Å². The number of halogens is 3. The zero-order valence-electron chi connectivity index (χ0n) is 11.0. The molecule has 1 rings (SSSR count). The number of carbonyl (C=O) groups excluding carboxylic acids is 1. The first-order valence-corrected chi connectivity index (χ1v) is 6.28. The molecule has 0 spiro atoms. The van der Waals surface area contributed by atoms with Gasteiger partial charge >= 0.3 is 0 Å². The van der Waals surface area contributed by atoms with Crippen LogP contribution in [0, 0.1) is 5.82 Å². The number of carbonyl (C=O) groups is 1. The lowest BCUT2D eigenvalue weighted by atomic mass is 10.1. The van der Waals surface area contributed by atoms with E-state index >= 15 is 0 Å². The summed E-state index contributed by atoms with van der Waals surface area (Å²) in [4.78, 5) is 11.6. The molecule has 1 aromatic carbocycles. The van der Waals surface area contributed by atoms with Crippen molar-refractivity contribution in [2.75, 3.05) is 0 Å². The topological polar surface area (TPSA) is 55.1 Å². The summed E-state index contributed by atoms with van der Waals surface area (Å²) in [5, 5.41) is 3.03. The van der Waals surface area contributed by atoms with Gasteiger partial charge in [0.05, 0.1) is 6.04 Å². The molecule has 0 aliphatic heterocycles. The number of benzene rings is 1. The van der Waals surface area contributed by atoms with Gasteiger partial charge in [-0.2, -0.15) is 0 Å². The molecule has 3 N–H and O–H groups in total. The second-order valence-electron chi connectivity index (χ2n) is 4.44. The molecule has 0 aliphatic carbocycles. The Morgan fingerprint density at radius 3 is 2.63 bits per heavy atom. The maximum absolute atomic E-state index is 13.6. The predicted molar refractivity (Wildman–Crippen MR) is 78.1 cm³/mol. The molecule has 0 saturated carbocycles. The number of hydrogen-bond donors (Lipinski definition) is 2. The van der Waals surface area contributed by atoms with E-state index in [-0.39, 0.29) is 24.4 Å². The number of hydrogen-bond acceptors (Lipinski definition) is 2. The molecule has 108 valence electrons. The van der Waals surface area contributed by atoms with Crippen molar-refractivity contribution in [2.24, 2.45) is 5.73 Å². The van der Waals surface area contributed by atoms with Crippen molar-refractivity contribution < 1.29 is 9.18 Å². The van der Waals surface area contributed by atoms with Crippen LogP contribution in [0.1, 0.15) is 38.3 Å². The van der Waals surface area contributed by atoms with Gasteiger partial charge in [-0.3, -0.25) is 4.79 Å². The minimum atomic E-state index is -0.459. The van der Waals surface area contributed by atoms with Crippen molar-refractivity contribution in [1.82, 2.24) is 5.32 Å². The van der Waals surface area contributed by atoms with Crippen LogP contribution in [0.4, 0.5) is 4.39 Å². The third-order valence-electron chi connectivity index (χ3n) is 2.64. The van der Waals surface area contributed by atoms with Gasteiger partial charge in [0, 0.05) is 23.0 Å². The Balaban J connectivity index is 0.00000324. The first-order valence-electron chi connectivity index (χ1n) is 5.90. The van der Waals surface area contributed by atoms with Crippen molar-refractivity contribution in [1.29, 1.82) is 0 Å². The monoisotopic (exact) mass is 308 g/mol. The smallest absolute Gasteiger partial charge is 0.220 e. The Morgan fingerprint density at radius 1 is 1.47 bits per heavy atom. The molecule has 0 saturated heterocycles. The molecule has 0 aromatic heterocycles. The normalized spacial score (nSPS) is 13.3. The van der Waals surface area contributed by atoms with Crippen LogP contribution >= 0.6 is 24.0 Å². The number of amides is 1. The minimum Gasteiger partial charge on any atom is -0.349 e. The van der Waals surface area contributed by atoms with E-state index in [0.717, 1.165) is 0 Å². The van der Waals surface area contributed by atoms with Crippen LogP contribution in [0.15, 0.2) is 18.2 Å². The molecule has 2 atom stereocenters. The maximum atomic E-state index is 13.6. The highest BCUT2D eigenvalue weighted by Crippen LogP contribution is 2.25. The average molecular weight is 309 g/mol. The van der Waals surface area contributed by atoms with Gasteiger partial charge in [0.1, 0.15) is 5.82 Å². The largest absolute Gasteiger partial charge is 0.349 e. The lowest BCUT2D eigenvalue weighted by molar-refractivity contribution is -0.121. The van der Waals surface area contributed by atoms with Gasteiger partial charge in [-0.25, -0.2) is 4.39 Å². The average Bonchev–Trinajstić information content (AvgIpc) is 2.26. The van der Waals surface area contributed by atoms with E-state index in [2.05, 4.69) is 5.32 Å². The zero-order valence-corrected chi connectivity index (χ0v) is 12.5. The van der Waals surface area contributed by atoms with Crippen LogP contribution in [0.2, 0.25) is 5.02 Å². The molecule has 6 heteroatoms. The molecule has 0 radical (unpaired) electrons. The Morgan fingerprint density at radius 2 is 2.11 bits per heavy atom. The summed E-state index contributed by atoms with van der Waals surface area (Å²) in [5.41, 5.74) is 5.88. The first kappa shape index (κ1) is 18.2. The summed E-state index contributed by atoms with van der Waals surface area (Å²) >= 11 is 5.92. The predicted octanol–water partition coefficient (Wildman–Crippen LogP) is 3.21. The van der Waals surface area contributed by atoms with Gasteiger partial charge in [-0.1, -0.05) is 17.7 Å². The fourth-order valence-electron chi connectivity index (χ4n) is 1.67. The number of nitrogens with two attached hydrogens (primary N) is 1. The van der Waals surface area contributed by atoms with Crippen LogP contribution in [-0.4, -0.2) is 11.9 Å². The second-order valence-corrected chi connectivity index (χ2v) is 4.85. The summed E-state index contributed by atoms with van der Waals surface area (Å²) < 4.78 is 13.6. The molecule has 19 heavy (non-hydrogen) atoms. The Labute approximate surface area is 124 Å². The Kier molecular flexibility index (Phi) is 7.99. The van der Waals surface area contributed by atoms with E-state index in [4.69, 9.17) is 17.3 Å². The van der Waals surface area contributed by atoms with Crippen LogP contribution < -0.4 is 11.1 Å². The highest BCUT2D eigenvalue weighted by molar-refractivity contribution is 6.31. The minimum absolute atomic E-state index is 0. The van der Waals surface area contributed by atoms with Crippen molar-refractivity contribution >= 4 is 29.9 Å². The Hall–Kier alpha value is -0.840. The lowest BCUT2D eigenvalue weighted by Gasteiger charge is -2.16. The number of rotatable bonds is 5. The molecule has 1 aromatic rings. The SMILES string of the molecule is CC(N)CCC(=O)NC(C)c1c(F)cccc1Cl.Cl. The third-order valence-corrected chi connectivity index (χ3v) is 2.97. The molecule has 3 nitrogen and oxygen atoms in total. The third kappa shape index (κ3) is 5.76. The maximum Gasteiger partial charge on any atom is 0.220 e. The van der Waals surface area contributed by atoms with Crippen LogP contribution in [0.5, 0.6) is 0 Å². The first-order chi connectivity index (χ1) is 8.41. The van der Waals surface area contributed by atoms with Gasteiger partial charge < -0.3 is 11.1 Å². The lowest BCUT2D eigenvalue weighted by Crippen LogP contribution is -2.29. The molecule has 0 aliphatic rings. The van der Waals surface area contributed by atoms with Crippen LogP contribution in [0.25, 0.3) is 0 Å². The molecule has 0 heterocycles. The fraction of sp³-hybridized carbons (Fsp3) is 0.462. The second kappa shape index (κ2) is 8.35. The molecule has 0 bridgehead atoms. The van der Waals surface area contributed by atoms with Crippen molar-refractivity contribution in [3.05, 3.63) is 34.6 Å². The highest BCUT2D eigenvalue weighted by Gasteiger charge is 2.16. The molecular formula is C13H19Cl2FN2O. The van der Waals surface area contributed by atoms with E-state index in [1.165, 1.54) is 12.1 Å². The van der Waals surface area contributed by atoms with Crippen molar-refractivity contribution in [3.8, 4) is 0 Å². The molecular weight excluding hydrogens is 290 g/mol. The number of nitrogens with one attached hydrogen (secondary N) is 1. The molecule has 1 amide bonds. The van der Waals surface area contributed by atoms with Gasteiger partial charge in [0.15, 0.2) is 0 Å².